The van der Waals surface area contributed by atoms with Gasteiger partial charge in [0.25, 0.3) is 11.6 Å². The fourth-order valence-electron chi connectivity index (χ4n) is 3.06. The molecule has 12 heteroatoms. The van der Waals surface area contributed by atoms with Crippen LogP contribution >= 0.6 is 10.7 Å². The number of hydrogen-bond donors (Lipinski definition) is 1. The molecule has 0 bridgehead atoms. The third kappa shape index (κ3) is 5.75. The summed E-state index contributed by atoms with van der Waals surface area (Å²) in [5.41, 5.74) is 0.647. The summed E-state index contributed by atoms with van der Waals surface area (Å²) in [4.78, 5) is 48.4. The van der Waals surface area contributed by atoms with Crippen LogP contribution in [0.2, 0.25) is 0 Å². The zero-order valence-corrected chi connectivity index (χ0v) is 18.5. The maximum absolute atomic E-state index is 12.7. The lowest BCUT2D eigenvalue weighted by molar-refractivity contribution is -0.384. The van der Waals surface area contributed by atoms with Crippen LogP contribution in [0.3, 0.4) is 0 Å². The molecule has 10 nitrogen and oxygen atoms in total. The zero-order valence-electron chi connectivity index (χ0n) is 16.9. The number of rotatable bonds is 10. The predicted octanol–water partition coefficient (Wildman–Crippen LogP) is 1.94. The summed E-state index contributed by atoms with van der Waals surface area (Å²) in [6.07, 6.45) is 0.751. The van der Waals surface area contributed by atoms with Gasteiger partial charge in [0.05, 0.1) is 15.3 Å². The summed E-state index contributed by atoms with van der Waals surface area (Å²) in [6.45, 7) is 6.81. The minimum atomic E-state index is -2.08. The lowest BCUT2D eigenvalue weighted by Gasteiger charge is -2.47. The van der Waals surface area contributed by atoms with Crippen molar-refractivity contribution in [3.63, 3.8) is 0 Å². The molecule has 1 saturated heterocycles. The van der Waals surface area contributed by atoms with Crippen molar-refractivity contribution in [3.05, 3.63) is 52.1 Å². The van der Waals surface area contributed by atoms with Crippen LogP contribution in [0, 0.1) is 10.1 Å². The third-order valence-corrected chi connectivity index (χ3v) is 5.99. The quantitative estimate of drug-likeness (QED) is 0.137. The molecule has 2 rings (SSSR count). The van der Waals surface area contributed by atoms with E-state index >= 15 is 0 Å². The van der Waals surface area contributed by atoms with Gasteiger partial charge in [0.15, 0.2) is 22.8 Å². The number of ether oxygens (including phenoxy) is 1. The van der Waals surface area contributed by atoms with E-state index < -0.39 is 44.6 Å². The van der Waals surface area contributed by atoms with Crippen LogP contribution in [0.1, 0.15) is 32.3 Å². The van der Waals surface area contributed by atoms with Gasteiger partial charge in [-0.15, -0.1) is 0 Å². The number of nitrogens with zero attached hydrogens (tertiary/aromatic N) is 2. The van der Waals surface area contributed by atoms with Crippen molar-refractivity contribution in [3.8, 4) is 0 Å². The van der Waals surface area contributed by atoms with Crippen molar-refractivity contribution in [2.75, 3.05) is 0 Å². The number of amides is 2. The minimum absolute atomic E-state index is 0.107. The highest BCUT2D eigenvalue weighted by molar-refractivity contribution is 8.14. The van der Waals surface area contributed by atoms with Crippen LogP contribution in [0.25, 0.3) is 0 Å². The first-order chi connectivity index (χ1) is 14.6. The Bertz CT molecular complexity index is 878. The van der Waals surface area contributed by atoms with E-state index in [1.165, 1.54) is 31.2 Å². The molecule has 4 unspecified atom stereocenters. The third-order valence-electron chi connectivity index (χ3n) is 4.56. The van der Waals surface area contributed by atoms with Crippen LogP contribution in [0.5, 0.6) is 0 Å². The summed E-state index contributed by atoms with van der Waals surface area (Å²) in [5.74, 6) is -1.84. The van der Waals surface area contributed by atoms with Crippen LogP contribution in [-0.2, 0) is 36.1 Å². The molecule has 0 aliphatic carbocycles. The molecule has 0 saturated carbocycles. The van der Waals surface area contributed by atoms with E-state index in [2.05, 4.69) is 11.9 Å². The molecule has 1 fully saturated rings. The Hall–Kier alpha value is -2.63. The van der Waals surface area contributed by atoms with Gasteiger partial charge < -0.3 is 14.6 Å². The number of non-ortho nitro benzene ring substituents is 1. The molecule has 4 atom stereocenters. The maximum Gasteiger partial charge on any atom is 0.333 e. The molecule has 1 aliphatic rings. The standard InChI is InChI=1S/C19H22ClN3O7S/c1-4-5-14(24)21-15-17(25)22(18(15)31(20)29)16(11(2)3)19(26)30-10-12-6-8-13(9-7-12)23(27)28/h6-9,15-16,18H,2,4-5,10H2,1,3H3,(H,21,24). The van der Waals surface area contributed by atoms with Crippen LogP contribution in [0.15, 0.2) is 36.4 Å². The van der Waals surface area contributed by atoms with Crippen molar-refractivity contribution >= 4 is 44.5 Å². The second-order valence-electron chi connectivity index (χ2n) is 6.96. The summed E-state index contributed by atoms with van der Waals surface area (Å²) in [7, 11) is 3.68. The van der Waals surface area contributed by atoms with Gasteiger partial charge in [0.1, 0.15) is 6.61 Å². The van der Waals surface area contributed by atoms with Crippen LogP contribution in [0.4, 0.5) is 5.69 Å². The molecular formula is C19H22ClN3O7S. The van der Waals surface area contributed by atoms with Gasteiger partial charge in [-0.3, -0.25) is 24.6 Å². The van der Waals surface area contributed by atoms with Crippen LogP contribution < -0.4 is 5.32 Å². The molecule has 1 heterocycles. The summed E-state index contributed by atoms with van der Waals surface area (Å²) < 4.78 is 17.3. The van der Waals surface area contributed by atoms with E-state index in [4.69, 9.17) is 15.4 Å². The molecule has 1 N–H and O–H groups in total. The molecule has 31 heavy (non-hydrogen) atoms. The fraction of sp³-hybridized carbons (Fsp3) is 0.421. The normalized spacial score (nSPS) is 19.7. The first-order valence-electron chi connectivity index (χ1n) is 9.32. The van der Waals surface area contributed by atoms with Crippen LogP contribution in [-0.4, -0.2) is 49.6 Å². The van der Waals surface area contributed by atoms with Gasteiger partial charge in [0, 0.05) is 18.6 Å². The molecule has 1 aromatic carbocycles. The summed E-state index contributed by atoms with van der Waals surface area (Å²) >= 11 is 0. The van der Waals surface area contributed by atoms with Crippen molar-refractivity contribution in [2.24, 2.45) is 0 Å². The molecule has 1 aliphatic heterocycles. The minimum Gasteiger partial charge on any atom is -0.597 e. The smallest absolute Gasteiger partial charge is 0.333 e. The fourth-order valence-corrected chi connectivity index (χ4v) is 4.43. The Labute approximate surface area is 186 Å². The number of carbonyl (C=O) groups excluding carboxylic acids is 3. The average Bonchev–Trinajstić information content (AvgIpc) is 2.70. The average molecular weight is 472 g/mol. The van der Waals surface area contributed by atoms with E-state index in [1.54, 1.807) is 6.92 Å². The van der Waals surface area contributed by atoms with E-state index in [0.717, 1.165) is 4.90 Å². The van der Waals surface area contributed by atoms with Gasteiger partial charge >= 0.3 is 5.97 Å². The Kier molecular flexibility index (Phi) is 8.43. The number of esters is 1. The van der Waals surface area contributed by atoms with Crippen molar-refractivity contribution < 1.29 is 28.6 Å². The Morgan fingerprint density at radius 2 is 2.00 bits per heavy atom. The second kappa shape index (κ2) is 10.6. The molecule has 2 amide bonds. The number of carbonyl (C=O) groups is 3. The van der Waals surface area contributed by atoms with Gasteiger partial charge in [-0.1, -0.05) is 13.5 Å². The lowest BCUT2D eigenvalue weighted by Crippen LogP contribution is -2.75. The molecule has 1 aromatic rings. The van der Waals surface area contributed by atoms with Gasteiger partial charge in [-0.2, -0.15) is 0 Å². The first kappa shape index (κ1) is 24.6. The zero-order chi connectivity index (χ0) is 23.3. The van der Waals surface area contributed by atoms with Gasteiger partial charge in [0.2, 0.25) is 11.3 Å². The molecule has 0 radical (unpaired) electrons. The number of likely N-dealkylation sites (tertiary alicyclic amines) is 1. The number of benzene rings is 1. The Balaban J connectivity index is 2.11. The number of nitro benzene ring substituents is 1. The topological polar surface area (TPSA) is 142 Å². The highest BCUT2D eigenvalue weighted by Gasteiger charge is 2.60. The van der Waals surface area contributed by atoms with Crippen molar-refractivity contribution in [1.82, 2.24) is 10.2 Å². The van der Waals surface area contributed by atoms with Crippen molar-refractivity contribution in [1.29, 1.82) is 0 Å². The number of halogens is 1. The number of hydrogen-bond acceptors (Lipinski definition) is 7. The largest absolute Gasteiger partial charge is 0.597 e. The molecular weight excluding hydrogens is 450 g/mol. The van der Waals surface area contributed by atoms with Crippen molar-refractivity contribution in [2.45, 2.75) is 50.8 Å². The second-order valence-corrected chi connectivity index (χ2v) is 8.85. The van der Waals surface area contributed by atoms with E-state index in [1.807, 2.05) is 0 Å². The van der Waals surface area contributed by atoms with E-state index in [-0.39, 0.29) is 30.2 Å². The Morgan fingerprint density at radius 3 is 2.48 bits per heavy atom. The Morgan fingerprint density at radius 1 is 1.39 bits per heavy atom. The SMILES string of the molecule is C=C(C)C(C(=O)OCc1ccc([N+](=O)[O-])cc1)N1C(=O)C(NC(=O)CCC)C1[S+]([O-])Cl. The number of nitrogens with one attached hydrogen (secondary N) is 1. The molecule has 168 valence electrons. The summed E-state index contributed by atoms with van der Waals surface area (Å²) in [6, 6.07) is 3.06. The highest BCUT2D eigenvalue weighted by atomic mass is 35.7. The number of nitro groups is 1. The van der Waals surface area contributed by atoms with Gasteiger partial charge in [-0.25, -0.2) is 4.79 Å². The molecule has 0 aromatic heterocycles. The van der Waals surface area contributed by atoms with Gasteiger partial charge in [-0.05, 0) is 36.6 Å². The first-order valence-corrected chi connectivity index (χ1v) is 11.4. The predicted molar refractivity (Wildman–Crippen MR) is 113 cm³/mol. The van der Waals surface area contributed by atoms with E-state index in [0.29, 0.717) is 12.0 Å². The number of β-lactam (4-membered cyclic amide) rings is 1. The lowest BCUT2D eigenvalue weighted by atomic mass is 9.99. The highest BCUT2D eigenvalue weighted by Crippen LogP contribution is 2.32. The summed E-state index contributed by atoms with van der Waals surface area (Å²) in [5, 5.41) is 12.1. The maximum atomic E-state index is 12.7. The van der Waals surface area contributed by atoms with E-state index in [9.17, 15) is 29.1 Å². The monoisotopic (exact) mass is 471 g/mol. The molecule has 0 spiro atoms.